The number of benzene rings is 2. The van der Waals surface area contributed by atoms with Crippen molar-refractivity contribution in [3.63, 3.8) is 0 Å². The van der Waals surface area contributed by atoms with Gasteiger partial charge in [0.1, 0.15) is 11.5 Å². The predicted molar refractivity (Wildman–Crippen MR) is 144 cm³/mol. The van der Waals surface area contributed by atoms with E-state index in [2.05, 4.69) is 32.4 Å². The molecule has 0 radical (unpaired) electrons. The summed E-state index contributed by atoms with van der Waals surface area (Å²) < 4.78 is 24.4. The average Bonchev–Trinajstić information content (AvgIpc) is 3.65. The van der Waals surface area contributed by atoms with Crippen LogP contribution in [0, 0.1) is 18.8 Å². The molecular weight excluding hydrogens is 484 g/mol. The van der Waals surface area contributed by atoms with Gasteiger partial charge in [-0.25, -0.2) is 18.4 Å². The molecule has 2 aliphatic rings. The summed E-state index contributed by atoms with van der Waals surface area (Å²) in [4.78, 5) is 21.6. The Balaban J connectivity index is 1.30. The van der Waals surface area contributed by atoms with Gasteiger partial charge in [-0.1, -0.05) is 18.9 Å². The highest BCUT2D eigenvalue weighted by Crippen LogP contribution is 2.55. The van der Waals surface area contributed by atoms with E-state index < -0.39 is 9.84 Å². The lowest BCUT2D eigenvalue weighted by Gasteiger charge is -2.11. The summed E-state index contributed by atoms with van der Waals surface area (Å²) in [5.74, 6) is 7.12. The van der Waals surface area contributed by atoms with Gasteiger partial charge in [-0.15, -0.1) is 0 Å². The molecule has 1 aliphatic carbocycles. The van der Waals surface area contributed by atoms with E-state index in [0.717, 1.165) is 51.7 Å². The molecule has 1 amide bonds. The Labute approximate surface area is 215 Å². The Morgan fingerprint density at radius 2 is 1.89 bits per heavy atom. The number of pyridine rings is 2. The molecule has 1 spiro atoms. The Morgan fingerprint density at radius 3 is 2.65 bits per heavy atom. The fraction of sp³-hybridized carbons (Fsp3) is 0.207. The minimum absolute atomic E-state index is 0.0587. The third-order valence-corrected chi connectivity index (χ3v) is 8.87. The van der Waals surface area contributed by atoms with Crippen molar-refractivity contribution in [3.8, 4) is 11.8 Å². The second-order valence-corrected chi connectivity index (χ2v) is 11.8. The van der Waals surface area contributed by atoms with Gasteiger partial charge in [0.25, 0.3) is 0 Å². The molecule has 184 valence electrons. The summed E-state index contributed by atoms with van der Waals surface area (Å²) in [5, 5.41) is 8.04. The normalized spacial score (nSPS) is 15.1. The number of aromatic nitrogens is 2. The second-order valence-electron chi connectivity index (χ2n) is 9.50. The van der Waals surface area contributed by atoms with E-state index in [0.29, 0.717) is 16.4 Å². The van der Waals surface area contributed by atoms with E-state index in [-0.39, 0.29) is 17.1 Å². The van der Waals surface area contributed by atoms with Crippen molar-refractivity contribution in [2.24, 2.45) is 0 Å². The fourth-order valence-corrected chi connectivity index (χ4v) is 5.73. The van der Waals surface area contributed by atoms with Gasteiger partial charge in [-0.2, -0.15) is 0 Å². The van der Waals surface area contributed by atoms with Crippen LogP contribution in [0.3, 0.4) is 0 Å². The minimum Gasteiger partial charge on any atom is -0.340 e. The first-order chi connectivity index (χ1) is 17.8. The summed E-state index contributed by atoms with van der Waals surface area (Å²) in [7, 11) is -3.27. The summed E-state index contributed by atoms with van der Waals surface area (Å²) in [6, 6.07) is 14.7. The lowest BCUT2D eigenvalue weighted by Crippen LogP contribution is -2.18. The highest BCUT2D eigenvalue weighted by atomic mass is 32.2. The fourth-order valence-electron chi connectivity index (χ4n) is 4.77. The van der Waals surface area contributed by atoms with Gasteiger partial charge in [0, 0.05) is 40.1 Å². The van der Waals surface area contributed by atoms with Crippen LogP contribution in [-0.4, -0.2) is 30.0 Å². The molecule has 6 rings (SSSR count). The quantitative estimate of drug-likeness (QED) is 0.382. The van der Waals surface area contributed by atoms with Crippen LogP contribution in [0.5, 0.6) is 0 Å². The Hall–Kier alpha value is -4.22. The highest BCUT2D eigenvalue weighted by molar-refractivity contribution is 7.91. The molecule has 0 atom stereocenters. The first kappa shape index (κ1) is 23.2. The maximum absolute atomic E-state index is 12.3. The highest BCUT2D eigenvalue weighted by Gasteiger charge is 2.56. The first-order valence-electron chi connectivity index (χ1n) is 12.1. The van der Waals surface area contributed by atoms with Crippen LogP contribution in [0.25, 0.3) is 10.8 Å². The number of fused-ring (bicyclic) bond motifs is 3. The first-order valence-corrected chi connectivity index (χ1v) is 13.8. The van der Waals surface area contributed by atoms with Crippen molar-refractivity contribution in [3.05, 3.63) is 83.3 Å². The van der Waals surface area contributed by atoms with Crippen LogP contribution in [0.15, 0.2) is 65.8 Å². The number of carbonyl (C=O) groups excluding carboxylic acids is 1. The summed E-state index contributed by atoms with van der Waals surface area (Å²) in [5.41, 5.74) is 4.62. The zero-order valence-corrected chi connectivity index (χ0v) is 21.2. The van der Waals surface area contributed by atoms with Crippen LogP contribution < -0.4 is 10.6 Å². The molecule has 2 aromatic carbocycles. The number of nitrogens with zero attached hydrogens (tertiary/aromatic N) is 2. The molecule has 4 aromatic rings. The molecular formula is C29H24N4O3S. The minimum atomic E-state index is -3.27. The topological polar surface area (TPSA) is 101 Å². The zero-order chi connectivity index (χ0) is 25.8. The standard InChI is InChI=1S/C29H24N4O3S/c1-3-37(35,36)21-6-9-24(18(2)14-21)32-27-16-22-20(17-31-27)10-13-30-25(22)8-5-19-4-7-23-26(15-19)33-28(34)29(23)11-12-29/h4,6-7,9-10,13-17H,3,11-12H2,1-2H3,(H,31,32)(H,33,34). The Bertz CT molecular complexity index is 1780. The zero-order valence-electron chi connectivity index (χ0n) is 20.4. The third-order valence-electron chi connectivity index (χ3n) is 7.14. The van der Waals surface area contributed by atoms with Gasteiger partial charge < -0.3 is 10.6 Å². The van der Waals surface area contributed by atoms with Crippen molar-refractivity contribution in [2.75, 3.05) is 16.4 Å². The van der Waals surface area contributed by atoms with Gasteiger partial charge >= 0.3 is 0 Å². The SMILES string of the molecule is CCS(=O)(=O)c1ccc(Nc2cc3c(C#Cc4ccc5c(c4)NC(=O)C54CC4)nccc3cn2)c(C)c1. The molecule has 2 aromatic heterocycles. The second kappa shape index (κ2) is 8.43. The molecule has 3 heterocycles. The molecule has 0 unspecified atom stereocenters. The molecule has 7 nitrogen and oxygen atoms in total. The monoisotopic (exact) mass is 508 g/mol. The van der Waals surface area contributed by atoms with Crippen molar-refractivity contribution >= 4 is 43.7 Å². The summed E-state index contributed by atoms with van der Waals surface area (Å²) >= 11 is 0. The predicted octanol–water partition coefficient (Wildman–Crippen LogP) is 4.86. The number of hydrogen-bond acceptors (Lipinski definition) is 6. The van der Waals surface area contributed by atoms with E-state index in [1.54, 1.807) is 37.5 Å². The maximum atomic E-state index is 12.3. The number of sulfone groups is 1. The molecule has 37 heavy (non-hydrogen) atoms. The van der Waals surface area contributed by atoms with Crippen molar-refractivity contribution < 1.29 is 13.2 Å². The van der Waals surface area contributed by atoms with E-state index in [1.165, 1.54) is 0 Å². The lowest BCUT2D eigenvalue weighted by atomic mass is 9.97. The lowest BCUT2D eigenvalue weighted by molar-refractivity contribution is -0.117. The van der Waals surface area contributed by atoms with Gasteiger partial charge in [0.2, 0.25) is 5.91 Å². The molecule has 1 saturated carbocycles. The molecule has 8 heteroatoms. The van der Waals surface area contributed by atoms with Crippen LogP contribution in [0.4, 0.5) is 17.2 Å². The van der Waals surface area contributed by atoms with Crippen molar-refractivity contribution in [1.82, 2.24) is 9.97 Å². The van der Waals surface area contributed by atoms with E-state index >= 15 is 0 Å². The molecule has 2 N–H and O–H groups in total. The Kier molecular flexibility index (Phi) is 5.28. The number of aryl methyl sites for hydroxylation is 1. The molecule has 1 fully saturated rings. The molecule has 1 aliphatic heterocycles. The van der Waals surface area contributed by atoms with Crippen molar-refractivity contribution in [1.29, 1.82) is 0 Å². The van der Waals surface area contributed by atoms with E-state index in [9.17, 15) is 13.2 Å². The number of amides is 1. The van der Waals surface area contributed by atoms with E-state index in [1.807, 2.05) is 37.3 Å². The number of anilines is 3. The number of carbonyl (C=O) groups is 1. The number of nitrogens with one attached hydrogen (secondary N) is 2. The van der Waals surface area contributed by atoms with Crippen LogP contribution >= 0.6 is 0 Å². The summed E-state index contributed by atoms with van der Waals surface area (Å²) in [6.45, 7) is 3.50. The third kappa shape index (κ3) is 4.02. The maximum Gasteiger partial charge on any atom is 0.235 e. The van der Waals surface area contributed by atoms with Crippen LogP contribution in [0.1, 0.15) is 42.1 Å². The number of rotatable bonds is 4. The molecule has 0 saturated heterocycles. The van der Waals surface area contributed by atoms with Gasteiger partial charge in [0.05, 0.1) is 16.1 Å². The molecule has 0 bridgehead atoms. The largest absolute Gasteiger partial charge is 0.340 e. The Morgan fingerprint density at radius 1 is 1.05 bits per heavy atom. The summed E-state index contributed by atoms with van der Waals surface area (Å²) in [6.07, 6.45) is 5.28. The number of hydrogen-bond donors (Lipinski definition) is 2. The van der Waals surface area contributed by atoms with Crippen LogP contribution in [-0.2, 0) is 20.0 Å². The van der Waals surface area contributed by atoms with Gasteiger partial charge in [0.15, 0.2) is 9.84 Å². The van der Waals surface area contributed by atoms with E-state index in [4.69, 9.17) is 0 Å². The average molecular weight is 509 g/mol. The van der Waals surface area contributed by atoms with Gasteiger partial charge in [-0.05, 0) is 79.3 Å². The van der Waals surface area contributed by atoms with Crippen LogP contribution in [0.2, 0.25) is 0 Å². The smallest absolute Gasteiger partial charge is 0.235 e. The van der Waals surface area contributed by atoms with Crippen molar-refractivity contribution in [2.45, 2.75) is 37.0 Å². The van der Waals surface area contributed by atoms with Gasteiger partial charge in [-0.3, -0.25) is 4.79 Å².